The molecule has 0 radical (unpaired) electrons. The van der Waals surface area contributed by atoms with Crippen LogP contribution in [0.3, 0.4) is 0 Å². The Morgan fingerprint density at radius 2 is 2.00 bits per heavy atom. The normalized spacial score (nSPS) is 33.5. The fourth-order valence-electron chi connectivity index (χ4n) is 3.36. The number of ether oxygens (including phenoxy) is 1. The van der Waals surface area contributed by atoms with E-state index in [0.29, 0.717) is 19.0 Å². The number of nitrogens with zero attached hydrogens (tertiary/aromatic N) is 1. The van der Waals surface area contributed by atoms with E-state index in [4.69, 9.17) is 10.5 Å². The van der Waals surface area contributed by atoms with Crippen LogP contribution in [-0.2, 0) is 4.74 Å². The van der Waals surface area contributed by atoms with E-state index < -0.39 is 16.7 Å². The molecule has 2 aliphatic rings. The summed E-state index contributed by atoms with van der Waals surface area (Å²) in [5.74, 6) is 0.491. The summed E-state index contributed by atoms with van der Waals surface area (Å²) in [7, 11) is 0. The van der Waals surface area contributed by atoms with Gasteiger partial charge in [-0.15, -0.1) is 0 Å². The van der Waals surface area contributed by atoms with E-state index in [1.165, 1.54) is 0 Å². The Hall–Kier alpha value is -0.810. The molecular formula is C15H28N2O3. The molecule has 1 aliphatic carbocycles. The number of amides is 1. The number of likely N-dealkylation sites (tertiary alicyclic amines) is 1. The molecular weight excluding hydrogens is 256 g/mol. The van der Waals surface area contributed by atoms with Crippen molar-refractivity contribution in [3.63, 3.8) is 0 Å². The maximum absolute atomic E-state index is 11.9. The van der Waals surface area contributed by atoms with Gasteiger partial charge in [0, 0.05) is 13.1 Å². The third-order valence-electron chi connectivity index (χ3n) is 4.50. The van der Waals surface area contributed by atoms with Gasteiger partial charge in [0.15, 0.2) is 0 Å². The van der Waals surface area contributed by atoms with Gasteiger partial charge in [-0.3, -0.25) is 0 Å². The highest BCUT2D eigenvalue weighted by Gasteiger charge is 2.57. The first-order chi connectivity index (χ1) is 9.05. The predicted octanol–water partition coefficient (Wildman–Crippen LogP) is 1.88. The van der Waals surface area contributed by atoms with E-state index in [-0.39, 0.29) is 6.09 Å². The molecule has 2 atom stereocenters. The number of carbonyl (C=O) groups is 1. The molecule has 0 aromatic rings. The van der Waals surface area contributed by atoms with Gasteiger partial charge in [0.2, 0.25) is 0 Å². The van der Waals surface area contributed by atoms with E-state index >= 15 is 0 Å². The van der Waals surface area contributed by atoms with Crippen LogP contribution in [0, 0.1) is 5.92 Å². The SMILES string of the molecule is CC1CCCC(O)(C2(N)CN(C(=O)OC(C)(C)C)C2)C1. The van der Waals surface area contributed by atoms with E-state index in [0.717, 1.165) is 25.7 Å². The molecule has 2 unspecified atom stereocenters. The van der Waals surface area contributed by atoms with Crippen LogP contribution in [0.1, 0.15) is 53.4 Å². The van der Waals surface area contributed by atoms with Gasteiger partial charge in [0.25, 0.3) is 0 Å². The fraction of sp³-hybridized carbons (Fsp3) is 0.933. The van der Waals surface area contributed by atoms with Crippen molar-refractivity contribution in [3.05, 3.63) is 0 Å². The topological polar surface area (TPSA) is 75.8 Å². The molecule has 20 heavy (non-hydrogen) atoms. The van der Waals surface area contributed by atoms with Crippen LogP contribution in [0.5, 0.6) is 0 Å². The Kier molecular flexibility index (Phi) is 3.80. The Balaban J connectivity index is 1.95. The number of aliphatic hydroxyl groups is 1. The van der Waals surface area contributed by atoms with Crippen LogP contribution in [0.15, 0.2) is 0 Å². The molecule has 2 rings (SSSR count). The van der Waals surface area contributed by atoms with Crippen LogP contribution in [-0.4, -0.2) is 45.9 Å². The standard InChI is InChI=1S/C15H28N2O3/c1-11-6-5-7-15(19,8-11)14(16)9-17(10-14)12(18)20-13(2,3)4/h11,19H,5-10,16H2,1-4H3. The smallest absolute Gasteiger partial charge is 0.410 e. The quantitative estimate of drug-likeness (QED) is 0.771. The predicted molar refractivity (Wildman–Crippen MR) is 77.3 cm³/mol. The zero-order chi connectivity index (χ0) is 15.2. The summed E-state index contributed by atoms with van der Waals surface area (Å²) < 4.78 is 5.33. The second-order valence-corrected chi connectivity index (χ2v) is 7.73. The van der Waals surface area contributed by atoms with E-state index in [1.807, 2.05) is 20.8 Å². The molecule has 5 nitrogen and oxygen atoms in total. The molecule has 1 aliphatic heterocycles. The highest BCUT2D eigenvalue weighted by molar-refractivity contribution is 5.70. The van der Waals surface area contributed by atoms with Gasteiger partial charge in [-0.2, -0.15) is 0 Å². The minimum Gasteiger partial charge on any atom is -0.444 e. The van der Waals surface area contributed by atoms with Crippen molar-refractivity contribution in [1.29, 1.82) is 0 Å². The third kappa shape index (κ3) is 2.93. The lowest BCUT2D eigenvalue weighted by atomic mass is 9.65. The number of hydrogen-bond donors (Lipinski definition) is 2. The van der Waals surface area contributed by atoms with Gasteiger partial charge >= 0.3 is 6.09 Å². The van der Waals surface area contributed by atoms with Gasteiger partial charge < -0.3 is 20.5 Å². The second kappa shape index (κ2) is 4.88. The van der Waals surface area contributed by atoms with Gasteiger partial charge in [0.1, 0.15) is 5.60 Å². The van der Waals surface area contributed by atoms with Crippen molar-refractivity contribution in [2.75, 3.05) is 13.1 Å². The van der Waals surface area contributed by atoms with Crippen LogP contribution >= 0.6 is 0 Å². The summed E-state index contributed by atoms with van der Waals surface area (Å²) >= 11 is 0. The highest BCUT2D eigenvalue weighted by Crippen LogP contribution is 2.42. The lowest BCUT2D eigenvalue weighted by Crippen LogP contribution is -2.79. The molecule has 0 spiro atoms. The molecule has 116 valence electrons. The van der Waals surface area contributed by atoms with Crippen molar-refractivity contribution in [2.24, 2.45) is 11.7 Å². The van der Waals surface area contributed by atoms with E-state index in [1.54, 1.807) is 4.90 Å². The van der Waals surface area contributed by atoms with Crippen LogP contribution in [0.2, 0.25) is 0 Å². The number of carbonyl (C=O) groups excluding carboxylic acids is 1. The van der Waals surface area contributed by atoms with Crippen molar-refractivity contribution in [1.82, 2.24) is 4.90 Å². The van der Waals surface area contributed by atoms with Crippen molar-refractivity contribution in [3.8, 4) is 0 Å². The first-order valence-electron chi connectivity index (χ1n) is 7.54. The van der Waals surface area contributed by atoms with Crippen LogP contribution in [0.4, 0.5) is 4.79 Å². The number of rotatable bonds is 1. The molecule has 1 saturated heterocycles. The molecule has 0 bridgehead atoms. The first kappa shape index (κ1) is 15.6. The molecule has 0 aromatic carbocycles. The average molecular weight is 284 g/mol. The van der Waals surface area contributed by atoms with Crippen molar-refractivity contribution < 1.29 is 14.6 Å². The summed E-state index contributed by atoms with van der Waals surface area (Å²) in [6.07, 6.45) is 3.27. The molecule has 5 heteroatoms. The van der Waals surface area contributed by atoms with Gasteiger partial charge in [-0.25, -0.2) is 4.79 Å². The monoisotopic (exact) mass is 284 g/mol. The number of nitrogens with two attached hydrogens (primary N) is 1. The van der Waals surface area contributed by atoms with E-state index in [2.05, 4.69) is 6.92 Å². The molecule has 1 saturated carbocycles. The summed E-state index contributed by atoms with van der Waals surface area (Å²) in [5, 5.41) is 10.8. The van der Waals surface area contributed by atoms with Gasteiger partial charge in [-0.05, 0) is 39.5 Å². The molecule has 1 heterocycles. The highest BCUT2D eigenvalue weighted by atomic mass is 16.6. The minimum absolute atomic E-state index is 0.342. The molecule has 2 fully saturated rings. The minimum atomic E-state index is -0.844. The van der Waals surface area contributed by atoms with Crippen LogP contribution in [0.25, 0.3) is 0 Å². The fourth-order valence-corrected chi connectivity index (χ4v) is 3.36. The first-order valence-corrected chi connectivity index (χ1v) is 7.54. The zero-order valence-corrected chi connectivity index (χ0v) is 13.1. The maximum Gasteiger partial charge on any atom is 0.410 e. The second-order valence-electron chi connectivity index (χ2n) is 7.73. The molecule has 1 amide bonds. The van der Waals surface area contributed by atoms with Crippen molar-refractivity contribution >= 4 is 6.09 Å². The Morgan fingerprint density at radius 1 is 1.40 bits per heavy atom. The Bertz CT molecular complexity index is 385. The van der Waals surface area contributed by atoms with Crippen molar-refractivity contribution in [2.45, 2.75) is 70.1 Å². The Labute approximate surface area is 121 Å². The summed E-state index contributed by atoms with van der Waals surface area (Å²) in [6, 6.07) is 0. The summed E-state index contributed by atoms with van der Waals surface area (Å²) in [5.41, 5.74) is 4.34. The van der Waals surface area contributed by atoms with Gasteiger partial charge in [0.05, 0.1) is 11.1 Å². The largest absolute Gasteiger partial charge is 0.444 e. The summed E-state index contributed by atoms with van der Waals surface area (Å²) in [6.45, 7) is 8.44. The third-order valence-corrected chi connectivity index (χ3v) is 4.50. The Morgan fingerprint density at radius 3 is 2.50 bits per heavy atom. The lowest BCUT2D eigenvalue weighted by molar-refractivity contribution is -0.130. The van der Waals surface area contributed by atoms with Gasteiger partial charge in [-0.1, -0.05) is 19.8 Å². The lowest BCUT2D eigenvalue weighted by Gasteiger charge is -2.57. The molecule has 3 N–H and O–H groups in total. The van der Waals surface area contributed by atoms with Crippen LogP contribution < -0.4 is 5.73 Å². The maximum atomic E-state index is 11.9. The van der Waals surface area contributed by atoms with E-state index in [9.17, 15) is 9.90 Å². The zero-order valence-electron chi connectivity index (χ0n) is 13.1. The average Bonchev–Trinajstić information content (AvgIpc) is 2.21. The number of hydrogen-bond acceptors (Lipinski definition) is 4. The molecule has 0 aromatic heterocycles. The summed E-state index contributed by atoms with van der Waals surface area (Å²) in [4.78, 5) is 13.5.